The zero-order chi connectivity index (χ0) is 12.3. The van der Waals surface area contributed by atoms with Gasteiger partial charge in [0.05, 0.1) is 5.69 Å². The first-order chi connectivity index (χ1) is 8.22. The quantitative estimate of drug-likeness (QED) is 0.717. The van der Waals surface area contributed by atoms with Crippen LogP contribution in [0.4, 0.5) is 5.69 Å². The molecule has 1 aliphatic heterocycles. The van der Waals surface area contributed by atoms with Gasteiger partial charge in [-0.2, -0.15) is 0 Å². The normalized spacial score (nSPS) is 15.6. The predicted octanol–water partition coefficient (Wildman–Crippen LogP) is 5.15. The third-order valence-electron chi connectivity index (χ3n) is 3.32. The molecule has 3 heteroatoms. The van der Waals surface area contributed by atoms with Crippen LogP contribution < -0.4 is 4.90 Å². The summed E-state index contributed by atoms with van der Waals surface area (Å²) in [6.45, 7) is 4.61. The molecule has 0 spiro atoms. The van der Waals surface area contributed by atoms with Crippen LogP contribution in [-0.2, 0) is 6.42 Å². The molecule has 17 heavy (non-hydrogen) atoms. The molecule has 0 saturated carbocycles. The number of aryl methyl sites for hydroxylation is 1. The van der Waals surface area contributed by atoms with Gasteiger partial charge in [0.1, 0.15) is 0 Å². The topological polar surface area (TPSA) is 3.24 Å². The second-order valence-corrected chi connectivity index (χ2v) is 6.41. The van der Waals surface area contributed by atoms with E-state index in [1.54, 1.807) is 0 Å². The molecule has 0 aromatic heterocycles. The maximum atomic E-state index is 3.73. The number of hydrogen-bond acceptors (Lipinski definition) is 1. The van der Waals surface area contributed by atoms with Gasteiger partial charge in [-0.25, -0.2) is 0 Å². The molecule has 1 aliphatic rings. The van der Waals surface area contributed by atoms with E-state index in [1.165, 1.54) is 65.4 Å². The van der Waals surface area contributed by atoms with Gasteiger partial charge in [0.25, 0.3) is 0 Å². The molecule has 0 radical (unpaired) electrons. The fourth-order valence-corrected chi connectivity index (χ4v) is 4.17. The summed E-state index contributed by atoms with van der Waals surface area (Å²) in [7, 11) is 0. The maximum Gasteiger partial charge on any atom is 0.0655 e. The van der Waals surface area contributed by atoms with Crippen molar-refractivity contribution < 1.29 is 0 Å². The van der Waals surface area contributed by atoms with Gasteiger partial charge >= 0.3 is 0 Å². The van der Waals surface area contributed by atoms with Crippen molar-refractivity contribution in [2.24, 2.45) is 0 Å². The lowest BCUT2D eigenvalue weighted by molar-refractivity contribution is 0.794. The highest BCUT2D eigenvalue weighted by Crippen LogP contribution is 2.37. The Balaban J connectivity index is 2.22. The van der Waals surface area contributed by atoms with Crippen LogP contribution in [0.1, 0.15) is 38.2 Å². The zero-order valence-electron chi connectivity index (χ0n) is 10.3. The summed E-state index contributed by atoms with van der Waals surface area (Å²) in [4.78, 5) is 2.47. The van der Waals surface area contributed by atoms with Gasteiger partial charge < -0.3 is 4.90 Å². The molecule has 1 fully saturated rings. The van der Waals surface area contributed by atoms with Crippen molar-refractivity contribution in [2.45, 2.75) is 39.0 Å². The molecule has 0 unspecified atom stereocenters. The lowest BCUT2D eigenvalue weighted by Gasteiger charge is -2.21. The van der Waals surface area contributed by atoms with E-state index in [2.05, 4.69) is 55.8 Å². The Hall–Kier alpha value is -0.0200. The molecule has 2 rings (SSSR count). The molecular weight excluding hydrogens is 342 g/mol. The highest BCUT2D eigenvalue weighted by Gasteiger charge is 2.18. The van der Waals surface area contributed by atoms with E-state index in [4.69, 9.17) is 0 Å². The second-order valence-electron chi connectivity index (χ2n) is 4.71. The monoisotopic (exact) mass is 359 g/mol. The van der Waals surface area contributed by atoms with E-state index in [9.17, 15) is 0 Å². The fraction of sp³-hybridized carbons (Fsp3) is 0.571. The van der Waals surface area contributed by atoms with Crippen molar-refractivity contribution >= 4 is 37.5 Å². The number of halogens is 2. The van der Waals surface area contributed by atoms with Crippen LogP contribution in [0.3, 0.4) is 0 Å². The minimum absolute atomic E-state index is 1.17. The van der Waals surface area contributed by atoms with Crippen LogP contribution in [0, 0.1) is 0 Å². The third-order valence-corrected chi connectivity index (χ3v) is 4.53. The number of rotatable bonds is 4. The number of anilines is 1. The minimum atomic E-state index is 1.17. The Morgan fingerprint density at radius 1 is 1.12 bits per heavy atom. The van der Waals surface area contributed by atoms with Gasteiger partial charge in [0.15, 0.2) is 0 Å². The zero-order valence-corrected chi connectivity index (χ0v) is 13.5. The Morgan fingerprint density at radius 2 is 1.71 bits per heavy atom. The molecule has 0 amide bonds. The van der Waals surface area contributed by atoms with Gasteiger partial charge in [-0.1, -0.05) is 13.3 Å². The molecule has 1 nitrogen and oxygen atoms in total. The Morgan fingerprint density at radius 3 is 2.24 bits per heavy atom. The highest BCUT2D eigenvalue weighted by molar-refractivity contribution is 9.11. The van der Waals surface area contributed by atoms with Crippen molar-refractivity contribution in [3.05, 3.63) is 26.6 Å². The smallest absolute Gasteiger partial charge is 0.0655 e. The van der Waals surface area contributed by atoms with Crippen molar-refractivity contribution in [3.8, 4) is 0 Å². The van der Waals surface area contributed by atoms with Crippen molar-refractivity contribution in [3.63, 3.8) is 0 Å². The summed E-state index contributed by atoms with van der Waals surface area (Å²) in [5.74, 6) is 0. The molecule has 0 N–H and O–H groups in total. The highest BCUT2D eigenvalue weighted by atomic mass is 79.9. The summed E-state index contributed by atoms with van der Waals surface area (Å²) in [5, 5.41) is 0. The first-order valence-electron chi connectivity index (χ1n) is 6.45. The van der Waals surface area contributed by atoms with E-state index in [0.29, 0.717) is 0 Å². The number of unbranched alkanes of at least 4 members (excludes halogenated alkanes) is 1. The maximum absolute atomic E-state index is 3.73. The largest absolute Gasteiger partial charge is 0.370 e. The van der Waals surface area contributed by atoms with E-state index in [0.717, 1.165) is 0 Å². The summed E-state index contributed by atoms with van der Waals surface area (Å²) < 4.78 is 2.47. The van der Waals surface area contributed by atoms with E-state index in [-0.39, 0.29) is 0 Å². The molecule has 0 aliphatic carbocycles. The van der Waals surface area contributed by atoms with Gasteiger partial charge in [-0.05, 0) is 75.2 Å². The molecule has 1 aromatic carbocycles. The molecule has 1 heterocycles. The lowest BCUT2D eigenvalue weighted by atomic mass is 10.1. The summed E-state index contributed by atoms with van der Waals surface area (Å²) in [5.41, 5.74) is 2.76. The molecule has 0 bridgehead atoms. The number of nitrogens with zero attached hydrogens (tertiary/aromatic N) is 1. The predicted molar refractivity (Wildman–Crippen MR) is 81.9 cm³/mol. The second kappa shape index (κ2) is 6.24. The summed E-state index contributed by atoms with van der Waals surface area (Å²) >= 11 is 7.46. The number of hydrogen-bond donors (Lipinski definition) is 0. The lowest BCUT2D eigenvalue weighted by Crippen LogP contribution is -2.18. The van der Waals surface area contributed by atoms with Crippen LogP contribution in [-0.4, -0.2) is 13.1 Å². The first-order valence-corrected chi connectivity index (χ1v) is 8.04. The van der Waals surface area contributed by atoms with Gasteiger partial charge in [-0.15, -0.1) is 0 Å². The van der Waals surface area contributed by atoms with Gasteiger partial charge in [0.2, 0.25) is 0 Å². The fourth-order valence-electron chi connectivity index (χ4n) is 2.39. The average Bonchev–Trinajstić information content (AvgIpc) is 2.79. The van der Waals surface area contributed by atoms with Crippen LogP contribution in [0.2, 0.25) is 0 Å². The van der Waals surface area contributed by atoms with E-state index >= 15 is 0 Å². The minimum Gasteiger partial charge on any atom is -0.370 e. The molecular formula is C14H19Br2N. The Bertz CT molecular complexity index is 361. The summed E-state index contributed by atoms with van der Waals surface area (Å²) in [6, 6.07) is 4.57. The third kappa shape index (κ3) is 3.25. The molecule has 94 valence electrons. The molecule has 1 aromatic rings. The van der Waals surface area contributed by atoms with Crippen LogP contribution >= 0.6 is 31.9 Å². The first kappa shape index (κ1) is 13.4. The van der Waals surface area contributed by atoms with Crippen molar-refractivity contribution in [1.82, 2.24) is 0 Å². The van der Waals surface area contributed by atoms with Gasteiger partial charge in [-0.3, -0.25) is 0 Å². The van der Waals surface area contributed by atoms with E-state index < -0.39 is 0 Å². The molecule has 0 atom stereocenters. The molecule has 1 saturated heterocycles. The van der Waals surface area contributed by atoms with Crippen LogP contribution in [0.25, 0.3) is 0 Å². The Kier molecular flexibility index (Phi) is 4.92. The average molecular weight is 361 g/mol. The summed E-state index contributed by atoms with van der Waals surface area (Å²) in [6.07, 6.45) is 6.33. The van der Waals surface area contributed by atoms with Crippen molar-refractivity contribution in [1.29, 1.82) is 0 Å². The van der Waals surface area contributed by atoms with E-state index in [1.807, 2.05) is 0 Å². The van der Waals surface area contributed by atoms with Crippen molar-refractivity contribution in [2.75, 3.05) is 18.0 Å². The standard InChI is InChI=1S/C14H19Br2N/c1-2-3-6-11-9-12(15)14(13(16)10-11)17-7-4-5-8-17/h9-10H,2-8H2,1H3. The van der Waals surface area contributed by atoms with Crippen LogP contribution in [0.5, 0.6) is 0 Å². The number of benzene rings is 1. The van der Waals surface area contributed by atoms with Gasteiger partial charge in [0, 0.05) is 22.0 Å². The van der Waals surface area contributed by atoms with Crippen LogP contribution in [0.15, 0.2) is 21.1 Å². The Labute approximate surface area is 121 Å². The SMILES string of the molecule is CCCCc1cc(Br)c(N2CCCC2)c(Br)c1.